The first-order valence-corrected chi connectivity index (χ1v) is 7.18. The van der Waals surface area contributed by atoms with Crippen molar-refractivity contribution in [3.8, 4) is 0 Å². The predicted molar refractivity (Wildman–Crippen MR) is 61.3 cm³/mol. The fourth-order valence-corrected chi connectivity index (χ4v) is 2.12. The highest BCUT2D eigenvalue weighted by molar-refractivity contribution is 7.89. The molecule has 6 nitrogen and oxygen atoms in total. The lowest BCUT2D eigenvalue weighted by Crippen LogP contribution is -2.16. The summed E-state index contributed by atoms with van der Waals surface area (Å²) in [7, 11) is -3.09. The quantitative estimate of drug-likeness (QED) is 0.785. The fraction of sp³-hybridized carbons (Fsp3) is 0.778. The standard InChI is InChI=1S/C9H18N4O2S/c1-7(2)5-13-8(4-10)11-12-9(13)6-16(3,14)15/h7H,4-6,10H2,1-3H3. The Morgan fingerprint density at radius 3 is 2.31 bits per heavy atom. The molecular weight excluding hydrogens is 228 g/mol. The lowest BCUT2D eigenvalue weighted by molar-refractivity contribution is 0.495. The van der Waals surface area contributed by atoms with E-state index in [1.165, 1.54) is 6.26 Å². The van der Waals surface area contributed by atoms with Gasteiger partial charge in [-0.15, -0.1) is 10.2 Å². The Balaban J connectivity index is 3.04. The Bertz CT molecular complexity index is 450. The van der Waals surface area contributed by atoms with Crippen molar-refractivity contribution in [1.82, 2.24) is 14.8 Å². The van der Waals surface area contributed by atoms with E-state index >= 15 is 0 Å². The molecule has 0 aromatic carbocycles. The van der Waals surface area contributed by atoms with Gasteiger partial charge in [-0.1, -0.05) is 13.8 Å². The lowest BCUT2D eigenvalue weighted by atomic mass is 10.2. The van der Waals surface area contributed by atoms with Gasteiger partial charge < -0.3 is 10.3 Å². The number of nitrogens with two attached hydrogens (primary N) is 1. The molecule has 0 bridgehead atoms. The third-order valence-electron chi connectivity index (χ3n) is 2.03. The van der Waals surface area contributed by atoms with E-state index in [9.17, 15) is 8.42 Å². The van der Waals surface area contributed by atoms with Crippen molar-refractivity contribution in [3.05, 3.63) is 11.6 Å². The molecule has 0 unspecified atom stereocenters. The molecule has 92 valence electrons. The van der Waals surface area contributed by atoms with E-state index in [1.54, 1.807) is 4.57 Å². The van der Waals surface area contributed by atoms with Gasteiger partial charge in [0.15, 0.2) is 9.84 Å². The SMILES string of the molecule is CC(C)Cn1c(CN)nnc1CS(C)(=O)=O. The predicted octanol–water partition coefficient (Wildman–Crippen LogP) is -0.0626. The maximum atomic E-state index is 11.2. The van der Waals surface area contributed by atoms with Crippen molar-refractivity contribution in [1.29, 1.82) is 0 Å². The van der Waals surface area contributed by atoms with Crippen LogP contribution in [-0.2, 0) is 28.7 Å². The maximum absolute atomic E-state index is 11.2. The lowest BCUT2D eigenvalue weighted by Gasteiger charge is -2.11. The largest absolute Gasteiger partial charge is 0.324 e. The normalized spacial score (nSPS) is 12.3. The van der Waals surface area contributed by atoms with Crippen LogP contribution in [-0.4, -0.2) is 29.4 Å². The summed E-state index contributed by atoms with van der Waals surface area (Å²) >= 11 is 0. The molecule has 0 radical (unpaired) electrons. The molecule has 1 rings (SSSR count). The minimum absolute atomic E-state index is 0.0906. The molecule has 16 heavy (non-hydrogen) atoms. The average molecular weight is 246 g/mol. The molecule has 0 aliphatic heterocycles. The van der Waals surface area contributed by atoms with Crippen LogP contribution in [0.1, 0.15) is 25.5 Å². The van der Waals surface area contributed by atoms with Crippen molar-refractivity contribution >= 4 is 9.84 Å². The third kappa shape index (κ3) is 3.57. The van der Waals surface area contributed by atoms with Crippen LogP contribution in [0.5, 0.6) is 0 Å². The zero-order chi connectivity index (χ0) is 12.3. The molecule has 0 aliphatic rings. The second-order valence-corrected chi connectivity index (χ2v) is 6.45. The van der Waals surface area contributed by atoms with Gasteiger partial charge in [-0.05, 0) is 5.92 Å². The van der Waals surface area contributed by atoms with Crippen LogP contribution in [0.15, 0.2) is 0 Å². The summed E-state index contributed by atoms with van der Waals surface area (Å²) in [5.74, 6) is 1.40. The number of nitrogens with zero attached hydrogens (tertiary/aromatic N) is 3. The van der Waals surface area contributed by atoms with Crippen LogP contribution >= 0.6 is 0 Å². The van der Waals surface area contributed by atoms with Crippen molar-refractivity contribution in [3.63, 3.8) is 0 Å². The molecule has 0 fully saturated rings. The summed E-state index contributed by atoms with van der Waals surface area (Å²) in [6, 6.07) is 0. The van der Waals surface area contributed by atoms with E-state index in [0.717, 1.165) is 0 Å². The zero-order valence-corrected chi connectivity index (χ0v) is 10.7. The topological polar surface area (TPSA) is 90.9 Å². The van der Waals surface area contributed by atoms with E-state index in [0.29, 0.717) is 24.1 Å². The molecule has 0 aliphatic carbocycles. The Morgan fingerprint density at radius 2 is 1.88 bits per heavy atom. The highest BCUT2D eigenvalue weighted by Gasteiger charge is 2.16. The van der Waals surface area contributed by atoms with Gasteiger partial charge in [0.05, 0.1) is 6.54 Å². The van der Waals surface area contributed by atoms with Gasteiger partial charge in [-0.3, -0.25) is 0 Å². The molecule has 1 heterocycles. The molecule has 7 heteroatoms. The first-order valence-electron chi connectivity index (χ1n) is 5.12. The average Bonchev–Trinajstić information content (AvgIpc) is 2.45. The molecule has 0 atom stereocenters. The highest BCUT2D eigenvalue weighted by Crippen LogP contribution is 2.09. The van der Waals surface area contributed by atoms with Crippen LogP contribution in [0.4, 0.5) is 0 Å². The molecule has 1 aromatic heterocycles. The first kappa shape index (κ1) is 13.1. The summed E-state index contributed by atoms with van der Waals surface area (Å²) in [4.78, 5) is 0. The van der Waals surface area contributed by atoms with Crippen molar-refractivity contribution in [2.45, 2.75) is 32.7 Å². The zero-order valence-electron chi connectivity index (χ0n) is 9.84. The Morgan fingerprint density at radius 1 is 1.31 bits per heavy atom. The molecule has 0 saturated carbocycles. The van der Waals surface area contributed by atoms with Gasteiger partial charge in [0.2, 0.25) is 0 Å². The van der Waals surface area contributed by atoms with Crippen LogP contribution in [0, 0.1) is 5.92 Å². The molecule has 1 aromatic rings. The second kappa shape index (κ2) is 4.92. The van der Waals surface area contributed by atoms with Crippen molar-refractivity contribution in [2.75, 3.05) is 6.26 Å². The van der Waals surface area contributed by atoms with Gasteiger partial charge in [0, 0.05) is 12.8 Å². The minimum Gasteiger partial charge on any atom is -0.324 e. The van der Waals surface area contributed by atoms with E-state index in [2.05, 4.69) is 10.2 Å². The molecule has 0 spiro atoms. The Kier molecular flexibility index (Phi) is 4.03. The summed E-state index contributed by atoms with van der Waals surface area (Å²) in [5, 5.41) is 7.77. The van der Waals surface area contributed by atoms with Gasteiger partial charge >= 0.3 is 0 Å². The van der Waals surface area contributed by atoms with Gasteiger partial charge in [-0.25, -0.2) is 8.42 Å². The summed E-state index contributed by atoms with van der Waals surface area (Å²) in [5.41, 5.74) is 5.53. The summed E-state index contributed by atoms with van der Waals surface area (Å²) < 4.78 is 24.2. The second-order valence-electron chi connectivity index (χ2n) is 4.31. The van der Waals surface area contributed by atoms with E-state index in [-0.39, 0.29) is 12.3 Å². The van der Waals surface area contributed by atoms with Crippen LogP contribution in [0.2, 0.25) is 0 Å². The smallest absolute Gasteiger partial charge is 0.154 e. The van der Waals surface area contributed by atoms with Crippen molar-refractivity contribution < 1.29 is 8.42 Å². The summed E-state index contributed by atoms with van der Waals surface area (Å²) in [6.07, 6.45) is 1.18. The van der Waals surface area contributed by atoms with E-state index < -0.39 is 9.84 Å². The summed E-state index contributed by atoms with van der Waals surface area (Å²) in [6.45, 7) is 5.04. The Hall–Kier alpha value is -0.950. The minimum atomic E-state index is -3.09. The van der Waals surface area contributed by atoms with Crippen molar-refractivity contribution in [2.24, 2.45) is 11.7 Å². The Labute approximate surface area is 95.8 Å². The van der Waals surface area contributed by atoms with E-state index in [4.69, 9.17) is 5.73 Å². The van der Waals surface area contributed by atoms with Crippen LogP contribution in [0.3, 0.4) is 0 Å². The van der Waals surface area contributed by atoms with E-state index in [1.807, 2.05) is 13.8 Å². The van der Waals surface area contributed by atoms with Gasteiger partial charge in [-0.2, -0.15) is 0 Å². The number of sulfone groups is 1. The molecule has 0 amide bonds. The van der Waals surface area contributed by atoms with Crippen LogP contribution in [0.25, 0.3) is 0 Å². The molecule has 2 N–H and O–H groups in total. The monoisotopic (exact) mass is 246 g/mol. The number of hydrogen-bond acceptors (Lipinski definition) is 5. The molecule has 0 saturated heterocycles. The number of aromatic nitrogens is 3. The molecular formula is C9H18N4O2S. The van der Waals surface area contributed by atoms with Crippen LogP contribution < -0.4 is 5.73 Å². The fourth-order valence-electron chi connectivity index (χ4n) is 1.44. The van der Waals surface area contributed by atoms with Gasteiger partial charge in [0.25, 0.3) is 0 Å². The highest BCUT2D eigenvalue weighted by atomic mass is 32.2. The number of hydrogen-bond donors (Lipinski definition) is 1. The van der Waals surface area contributed by atoms with Gasteiger partial charge in [0.1, 0.15) is 17.4 Å². The first-order chi connectivity index (χ1) is 7.33. The third-order valence-corrected chi connectivity index (χ3v) is 2.81. The number of rotatable bonds is 5. The maximum Gasteiger partial charge on any atom is 0.154 e.